The summed E-state index contributed by atoms with van der Waals surface area (Å²) in [7, 11) is 0. The van der Waals surface area contributed by atoms with Gasteiger partial charge in [-0.3, -0.25) is 9.59 Å². The largest absolute Gasteiger partial charge is 0.586 e. The van der Waals surface area contributed by atoms with Crippen molar-refractivity contribution in [3.63, 3.8) is 0 Å². The summed E-state index contributed by atoms with van der Waals surface area (Å²) < 4.78 is 40.6. The number of anilines is 1. The third-order valence-electron chi connectivity index (χ3n) is 6.28. The lowest BCUT2D eigenvalue weighted by atomic mass is 9.82. The summed E-state index contributed by atoms with van der Waals surface area (Å²) in [5.74, 6) is -2.73. The molecule has 1 saturated heterocycles. The van der Waals surface area contributed by atoms with Crippen LogP contribution in [0.3, 0.4) is 0 Å². The Labute approximate surface area is 222 Å². The van der Waals surface area contributed by atoms with Gasteiger partial charge in [0, 0.05) is 12.1 Å². The number of ether oxygens (including phenoxy) is 3. The number of hydrogen-bond donors (Lipinski definition) is 2. The van der Waals surface area contributed by atoms with Gasteiger partial charge in [-0.15, -0.1) is 8.78 Å². The second-order valence-corrected chi connectivity index (χ2v) is 9.45. The van der Waals surface area contributed by atoms with Crippen LogP contribution in [0.4, 0.5) is 19.4 Å². The molecule has 4 rings (SSSR count). The maximum absolute atomic E-state index is 13.3. The lowest BCUT2D eigenvalue weighted by Gasteiger charge is -2.44. The minimum Gasteiger partial charge on any atom is -0.464 e. The maximum atomic E-state index is 13.3. The molecule has 2 aliphatic rings. The van der Waals surface area contributed by atoms with Gasteiger partial charge in [0.25, 0.3) is 0 Å². The fourth-order valence-corrected chi connectivity index (χ4v) is 4.24. The number of pyridine rings is 1. The molecule has 13 heteroatoms. The number of rotatable bonds is 8. The molecule has 0 unspecified atom stereocenters. The summed E-state index contributed by atoms with van der Waals surface area (Å²) in [5, 5.41) is 5.29. The average Bonchev–Trinajstić information content (AvgIpc) is 3.18. The Balaban J connectivity index is 1.47. The molecule has 1 fully saturated rings. The summed E-state index contributed by atoms with van der Waals surface area (Å²) in [6.07, 6.45) is -2.21. The van der Waals surface area contributed by atoms with Crippen molar-refractivity contribution in [3.8, 4) is 11.5 Å². The number of nitrogens with one attached hydrogen (secondary N) is 2. The lowest BCUT2D eigenvalue weighted by molar-refractivity contribution is -0.286. The van der Waals surface area contributed by atoms with Crippen molar-refractivity contribution in [1.29, 1.82) is 0 Å². The Bertz CT molecular complexity index is 1300. The van der Waals surface area contributed by atoms with Crippen LogP contribution in [0.25, 0.3) is 0 Å². The number of benzene rings is 1. The number of urea groups is 1. The van der Waals surface area contributed by atoms with E-state index in [1.165, 1.54) is 24.4 Å². The van der Waals surface area contributed by atoms with Crippen molar-refractivity contribution >= 4 is 29.6 Å². The number of alkyl halides is 2. The number of halogens is 2. The fraction of sp³-hybridized carbons (Fsp3) is 0.423. The number of esters is 1. The van der Waals surface area contributed by atoms with E-state index in [1.807, 2.05) is 0 Å². The molecule has 0 saturated carbocycles. The lowest BCUT2D eigenvalue weighted by Crippen LogP contribution is -2.69. The molecule has 208 valence electrons. The molecule has 0 spiro atoms. The summed E-state index contributed by atoms with van der Waals surface area (Å²) in [4.78, 5) is 55.8. The van der Waals surface area contributed by atoms with Crippen LogP contribution in [0.1, 0.15) is 44.9 Å². The number of carbonyl (C=O) groups is 4. The standard InChI is InChI=1S/C26H28F2N4O7/c1-5-37-24(35)21-17(10-15-8-9-29-20(11-15)31-22(33)13(2)3)23(34)32(21)25(36)30-14(4)16-6-7-18-19(12-16)39-26(27,28)38-18/h6-9,11-14,17,21H,5,10H2,1-4H3,(H,30,36)(H,29,31,33)/t14-,17-,21+/m1/s1. The first-order valence-electron chi connectivity index (χ1n) is 12.4. The molecule has 1 aromatic carbocycles. The number of hydrogen-bond acceptors (Lipinski definition) is 8. The van der Waals surface area contributed by atoms with Gasteiger partial charge in [-0.25, -0.2) is 19.5 Å². The Morgan fingerprint density at radius 2 is 1.85 bits per heavy atom. The van der Waals surface area contributed by atoms with Gasteiger partial charge in [0.1, 0.15) is 5.82 Å². The Morgan fingerprint density at radius 3 is 2.54 bits per heavy atom. The second-order valence-electron chi connectivity index (χ2n) is 9.45. The van der Waals surface area contributed by atoms with Gasteiger partial charge in [0.15, 0.2) is 17.5 Å². The van der Waals surface area contributed by atoms with Gasteiger partial charge in [-0.05, 0) is 55.7 Å². The summed E-state index contributed by atoms with van der Waals surface area (Å²) in [5.41, 5.74) is 1.04. The highest BCUT2D eigenvalue weighted by molar-refractivity contribution is 6.08. The molecule has 11 nitrogen and oxygen atoms in total. The number of imide groups is 1. The van der Waals surface area contributed by atoms with E-state index in [2.05, 4.69) is 25.1 Å². The van der Waals surface area contributed by atoms with Gasteiger partial charge in [-0.2, -0.15) is 0 Å². The topological polar surface area (TPSA) is 136 Å². The molecule has 39 heavy (non-hydrogen) atoms. The van der Waals surface area contributed by atoms with Crippen molar-refractivity contribution in [1.82, 2.24) is 15.2 Å². The zero-order valence-corrected chi connectivity index (χ0v) is 21.7. The smallest absolute Gasteiger partial charge is 0.464 e. The molecule has 3 atom stereocenters. The maximum Gasteiger partial charge on any atom is 0.586 e. The van der Waals surface area contributed by atoms with Crippen LogP contribution < -0.4 is 20.1 Å². The number of nitrogens with zero attached hydrogens (tertiary/aromatic N) is 2. The van der Waals surface area contributed by atoms with Crippen molar-refractivity contribution < 1.29 is 42.2 Å². The number of β-lactam (4-membered cyclic amide) rings is 1. The van der Waals surface area contributed by atoms with Crippen LogP contribution in [0.2, 0.25) is 0 Å². The van der Waals surface area contributed by atoms with Crippen LogP contribution in [-0.4, -0.2) is 52.6 Å². The minimum absolute atomic E-state index is 0.0462. The van der Waals surface area contributed by atoms with E-state index in [1.54, 1.807) is 39.8 Å². The third kappa shape index (κ3) is 5.91. The molecular formula is C26H28F2N4O7. The molecule has 2 N–H and O–H groups in total. The van der Waals surface area contributed by atoms with E-state index in [9.17, 15) is 28.0 Å². The Kier molecular flexibility index (Phi) is 7.70. The zero-order valence-electron chi connectivity index (χ0n) is 21.7. The highest BCUT2D eigenvalue weighted by Crippen LogP contribution is 2.42. The zero-order chi connectivity index (χ0) is 28.5. The monoisotopic (exact) mass is 546 g/mol. The summed E-state index contributed by atoms with van der Waals surface area (Å²) in [6.45, 7) is 6.71. The van der Waals surface area contributed by atoms with E-state index in [0.717, 1.165) is 4.90 Å². The first-order valence-corrected chi connectivity index (χ1v) is 12.4. The number of amides is 4. The van der Waals surface area contributed by atoms with E-state index < -0.39 is 42.2 Å². The molecule has 1 aromatic heterocycles. The number of likely N-dealkylation sites (tertiary alicyclic amines) is 1. The molecule has 4 amide bonds. The second kappa shape index (κ2) is 10.8. The summed E-state index contributed by atoms with van der Waals surface area (Å²) >= 11 is 0. The minimum atomic E-state index is -3.78. The highest BCUT2D eigenvalue weighted by atomic mass is 19.3. The quantitative estimate of drug-likeness (QED) is 0.380. The van der Waals surface area contributed by atoms with Gasteiger partial charge >= 0.3 is 18.3 Å². The Hall–Kier alpha value is -4.29. The SMILES string of the molecule is CCOC(=O)[C@@H]1[C@@H](Cc2ccnc(NC(=O)C(C)C)c2)C(=O)N1C(=O)N[C@H](C)c1ccc2c(c1)OC(F)(F)O2. The number of carbonyl (C=O) groups excluding carboxylic acids is 4. The first-order chi connectivity index (χ1) is 18.4. The first kappa shape index (κ1) is 27.7. The van der Waals surface area contributed by atoms with Gasteiger partial charge in [0.2, 0.25) is 11.8 Å². The molecule has 0 aliphatic carbocycles. The van der Waals surface area contributed by atoms with Crippen LogP contribution in [-0.2, 0) is 25.5 Å². The number of fused-ring (bicyclic) bond motifs is 1. The van der Waals surface area contributed by atoms with Crippen LogP contribution in [0, 0.1) is 11.8 Å². The molecular weight excluding hydrogens is 518 g/mol. The normalized spacial score (nSPS) is 19.8. The van der Waals surface area contributed by atoms with E-state index in [0.29, 0.717) is 16.9 Å². The van der Waals surface area contributed by atoms with Crippen molar-refractivity contribution in [2.75, 3.05) is 11.9 Å². The van der Waals surface area contributed by atoms with Gasteiger partial charge in [-0.1, -0.05) is 19.9 Å². The summed E-state index contributed by atoms with van der Waals surface area (Å²) in [6, 6.07) is 4.54. The molecule has 0 radical (unpaired) electrons. The predicted molar refractivity (Wildman–Crippen MR) is 132 cm³/mol. The van der Waals surface area contributed by atoms with Gasteiger partial charge in [0.05, 0.1) is 18.6 Å². The van der Waals surface area contributed by atoms with Crippen molar-refractivity contribution in [2.24, 2.45) is 11.8 Å². The molecule has 2 aromatic rings. The van der Waals surface area contributed by atoms with Crippen LogP contribution >= 0.6 is 0 Å². The third-order valence-corrected chi connectivity index (χ3v) is 6.28. The van der Waals surface area contributed by atoms with Crippen LogP contribution in [0.5, 0.6) is 11.5 Å². The average molecular weight is 547 g/mol. The highest BCUT2D eigenvalue weighted by Gasteiger charge is 2.55. The van der Waals surface area contributed by atoms with E-state index in [-0.39, 0.29) is 36.4 Å². The number of aromatic nitrogens is 1. The Morgan fingerprint density at radius 1 is 1.13 bits per heavy atom. The molecule has 2 aliphatic heterocycles. The molecule has 0 bridgehead atoms. The van der Waals surface area contributed by atoms with E-state index >= 15 is 0 Å². The van der Waals surface area contributed by atoms with E-state index in [4.69, 9.17) is 4.74 Å². The predicted octanol–water partition coefficient (Wildman–Crippen LogP) is 3.40. The molecule has 3 heterocycles. The van der Waals surface area contributed by atoms with Crippen molar-refractivity contribution in [2.45, 2.75) is 52.5 Å². The fourth-order valence-electron chi connectivity index (χ4n) is 4.24. The van der Waals surface area contributed by atoms with Crippen LogP contribution in [0.15, 0.2) is 36.5 Å². The van der Waals surface area contributed by atoms with Crippen molar-refractivity contribution in [3.05, 3.63) is 47.7 Å². The van der Waals surface area contributed by atoms with Gasteiger partial charge < -0.3 is 24.8 Å².